The van der Waals surface area contributed by atoms with Gasteiger partial charge in [0.25, 0.3) is 10.0 Å². The van der Waals surface area contributed by atoms with Gasteiger partial charge in [-0.3, -0.25) is 4.72 Å². The van der Waals surface area contributed by atoms with Gasteiger partial charge in [0.1, 0.15) is 13.1 Å². The molecule has 0 bridgehead atoms. The number of anilines is 1. The number of benzene rings is 3. The summed E-state index contributed by atoms with van der Waals surface area (Å²) in [5.74, 6) is 1.05. The van der Waals surface area contributed by atoms with Crippen molar-refractivity contribution in [3.8, 4) is 0 Å². The number of imidazole rings is 1. The minimum atomic E-state index is -3.62. The SMILES string of the molecule is O=S(=O)(Nc1ccc2c(c1)nc1n2CC[NH+](Cc2ccccc2)C1)c1ccccc1. The standard InChI is InChI=1S/C23H22N4O2S/c28-30(29,20-9-5-2-6-10-20)25-19-11-12-22-21(15-19)24-23-17-26(13-14-27(22)23)16-18-7-3-1-4-8-18/h1-12,15,25H,13-14,16-17H2/p+1. The van der Waals surface area contributed by atoms with Crippen LogP contribution in [0.4, 0.5) is 5.69 Å². The van der Waals surface area contributed by atoms with Crippen molar-refractivity contribution in [1.29, 1.82) is 0 Å². The largest absolute Gasteiger partial charge is 0.323 e. The second kappa shape index (κ2) is 7.59. The molecule has 0 radical (unpaired) electrons. The second-order valence-corrected chi connectivity index (χ2v) is 9.32. The molecule has 7 heteroatoms. The minimum Gasteiger partial charge on any atom is -0.323 e. The fourth-order valence-electron chi connectivity index (χ4n) is 4.06. The van der Waals surface area contributed by atoms with Gasteiger partial charge < -0.3 is 9.47 Å². The molecule has 0 saturated heterocycles. The van der Waals surface area contributed by atoms with E-state index in [1.165, 1.54) is 10.5 Å². The molecule has 0 fully saturated rings. The molecule has 0 aliphatic carbocycles. The zero-order chi connectivity index (χ0) is 20.6. The first kappa shape index (κ1) is 18.8. The summed E-state index contributed by atoms with van der Waals surface area (Å²) in [7, 11) is -3.62. The van der Waals surface area contributed by atoms with Crippen LogP contribution >= 0.6 is 0 Å². The Kier molecular flexibility index (Phi) is 4.77. The molecule has 1 atom stereocenters. The summed E-state index contributed by atoms with van der Waals surface area (Å²) in [5.41, 5.74) is 3.72. The van der Waals surface area contributed by atoms with Crippen molar-refractivity contribution in [2.24, 2.45) is 0 Å². The van der Waals surface area contributed by atoms with E-state index in [0.717, 1.165) is 43.0 Å². The highest BCUT2D eigenvalue weighted by molar-refractivity contribution is 7.92. The summed E-state index contributed by atoms with van der Waals surface area (Å²) < 4.78 is 30.1. The van der Waals surface area contributed by atoms with Crippen molar-refractivity contribution in [1.82, 2.24) is 9.55 Å². The minimum absolute atomic E-state index is 0.245. The molecular formula is C23H23N4O2S+. The van der Waals surface area contributed by atoms with Gasteiger partial charge in [0.05, 0.1) is 34.7 Å². The third-order valence-corrected chi connectivity index (χ3v) is 6.92. The molecule has 5 rings (SSSR count). The monoisotopic (exact) mass is 419 g/mol. The van der Waals surface area contributed by atoms with Gasteiger partial charge in [-0.25, -0.2) is 13.4 Å². The molecule has 4 aromatic rings. The van der Waals surface area contributed by atoms with Gasteiger partial charge in [-0.2, -0.15) is 0 Å². The van der Waals surface area contributed by atoms with Gasteiger partial charge in [0.15, 0.2) is 5.82 Å². The molecule has 152 valence electrons. The lowest BCUT2D eigenvalue weighted by molar-refractivity contribution is -0.932. The number of quaternary nitrogens is 1. The van der Waals surface area contributed by atoms with Crippen molar-refractivity contribution in [3.05, 3.63) is 90.3 Å². The molecule has 6 nitrogen and oxygen atoms in total. The van der Waals surface area contributed by atoms with E-state index in [0.29, 0.717) is 5.69 Å². The Bertz CT molecular complexity index is 1290. The molecule has 30 heavy (non-hydrogen) atoms. The summed E-state index contributed by atoms with van der Waals surface area (Å²) >= 11 is 0. The molecule has 1 unspecified atom stereocenters. The average Bonchev–Trinajstić information content (AvgIpc) is 3.11. The predicted octanol–water partition coefficient (Wildman–Crippen LogP) is 2.44. The van der Waals surface area contributed by atoms with Gasteiger partial charge >= 0.3 is 0 Å². The molecule has 0 amide bonds. The summed E-state index contributed by atoms with van der Waals surface area (Å²) in [6.07, 6.45) is 0. The lowest BCUT2D eigenvalue weighted by atomic mass is 10.2. The number of rotatable bonds is 5. The van der Waals surface area contributed by atoms with Gasteiger partial charge in [0.2, 0.25) is 0 Å². The first-order valence-electron chi connectivity index (χ1n) is 10.0. The highest BCUT2D eigenvalue weighted by Crippen LogP contribution is 2.23. The second-order valence-electron chi connectivity index (χ2n) is 7.64. The van der Waals surface area contributed by atoms with E-state index in [2.05, 4.69) is 33.6 Å². The molecule has 0 spiro atoms. The normalized spacial score (nSPS) is 16.3. The van der Waals surface area contributed by atoms with Gasteiger partial charge in [-0.1, -0.05) is 48.5 Å². The van der Waals surface area contributed by atoms with Crippen molar-refractivity contribution in [2.75, 3.05) is 11.3 Å². The van der Waals surface area contributed by atoms with Crippen molar-refractivity contribution in [3.63, 3.8) is 0 Å². The molecule has 2 N–H and O–H groups in total. The number of nitrogens with one attached hydrogen (secondary N) is 2. The number of nitrogens with zero attached hydrogens (tertiary/aromatic N) is 2. The maximum atomic E-state index is 12.6. The Balaban J connectivity index is 1.38. The predicted molar refractivity (Wildman–Crippen MR) is 117 cm³/mol. The van der Waals surface area contributed by atoms with Crippen LogP contribution in [0.3, 0.4) is 0 Å². The van der Waals surface area contributed by atoms with Crippen LogP contribution in [0, 0.1) is 0 Å². The summed E-state index contributed by atoms with van der Waals surface area (Å²) in [5, 5.41) is 0. The van der Waals surface area contributed by atoms with Crippen LogP contribution < -0.4 is 9.62 Å². The third kappa shape index (κ3) is 3.69. The summed E-state index contributed by atoms with van der Waals surface area (Å²) in [6.45, 7) is 3.78. The van der Waals surface area contributed by atoms with Crippen molar-refractivity contribution in [2.45, 2.75) is 24.5 Å². The number of hydrogen-bond donors (Lipinski definition) is 2. The molecule has 1 aliphatic heterocycles. The maximum absolute atomic E-state index is 12.6. The molecule has 0 saturated carbocycles. The molecule has 2 heterocycles. The Morgan fingerprint density at radius 1 is 0.967 bits per heavy atom. The number of sulfonamides is 1. The molecule has 3 aromatic carbocycles. The van der Waals surface area contributed by atoms with E-state index in [-0.39, 0.29) is 4.90 Å². The van der Waals surface area contributed by atoms with Gasteiger partial charge in [-0.05, 0) is 30.3 Å². The van der Waals surface area contributed by atoms with E-state index >= 15 is 0 Å². The first-order chi connectivity index (χ1) is 14.6. The van der Waals surface area contributed by atoms with E-state index in [1.54, 1.807) is 36.4 Å². The van der Waals surface area contributed by atoms with Crippen LogP contribution in [0.15, 0.2) is 83.8 Å². The molecular weight excluding hydrogens is 396 g/mol. The van der Waals surface area contributed by atoms with Crippen molar-refractivity contribution < 1.29 is 13.3 Å². The van der Waals surface area contributed by atoms with Crippen LogP contribution in [0.2, 0.25) is 0 Å². The van der Waals surface area contributed by atoms with Crippen LogP contribution in [0.5, 0.6) is 0 Å². The smallest absolute Gasteiger partial charge is 0.261 e. The molecule has 1 aliphatic rings. The average molecular weight is 420 g/mol. The number of fused-ring (bicyclic) bond motifs is 3. The highest BCUT2D eigenvalue weighted by atomic mass is 32.2. The molecule has 1 aromatic heterocycles. The van der Waals surface area contributed by atoms with E-state index < -0.39 is 10.0 Å². The number of hydrogen-bond acceptors (Lipinski definition) is 3. The highest BCUT2D eigenvalue weighted by Gasteiger charge is 2.23. The Morgan fingerprint density at radius 2 is 1.70 bits per heavy atom. The third-order valence-electron chi connectivity index (χ3n) is 5.53. The van der Waals surface area contributed by atoms with E-state index in [4.69, 9.17) is 4.98 Å². The lowest BCUT2D eigenvalue weighted by Gasteiger charge is -2.25. The van der Waals surface area contributed by atoms with Crippen LogP contribution in [0.25, 0.3) is 11.0 Å². The Labute approximate surface area is 175 Å². The van der Waals surface area contributed by atoms with Gasteiger partial charge in [-0.15, -0.1) is 0 Å². The van der Waals surface area contributed by atoms with Crippen molar-refractivity contribution >= 4 is 26.7 Å². The van der Waals surface area contributed by atoms with Crippen LogP contribution in [0.1, 0.15) is 11.4 Å². The van der Waals surface area contributed by atoms with Gasteiger partial charge in [0, 0.05) is 5.56 Å². The first-order valence-corrected chi connectivity index (χ1v) is 11.5. The summed E-state index contributed by atoms with van der Waals surface area (Å²) in [6, 6.07) is 24.5. The quantitative estimate of drug-likeness (QED) is 0.522. The maximum Gasteiger partial charge on any atom is 0.261 e. The van der Waals surface area contributed by atoms with E-state index in [1.807, 2.05) is 18.2 Å². The topological polar surface area (TPSA) is 68.4 Å². The Hall–Kier alpha value is -3.16. The Morgan fingerprint density at radius 3 is 2.47 bits per heavy atom. The fourth-order valence-corrected chi connectivity index (χ4v) is 5.13. The summed E-state index contributed by atoms with van der Waals surface area (Å²) in [4.78, 5) is 6.54. The zero-order valence-electron chi connectivity index (χ0n) is 16.5. The van der Waals surface area contributed by atoms with E-state index in [9.17, 15) is 8.42 Å². The number of aromatic nitrogens is 2. The fraction of sp³-hybridized carbons (Fsp3) is 0.174. The van der Waals surface area contributed by atoms with Crippen LogP contribution in [-0.2, 0) is 29.7 Å². The zero-order valence-corrected chi connectivity index (χ0v) is 17.3. The van der Waals surface area contributed by atoms with Crippen LogP contribution in [-0.4, -0.2) is 24.5 Å². The lowest BCUT2D eigenvalue weighted by Crippen LogP contribution is -3.10.